The van der Waals surface area contributed by atoms with Crippen LogP contribution in [0.1, 0.15) is 26.5 Å². The van der Waals surface area contributed by atoms with Crippen LogP contribution in [0.15, 0.2) is 24.5 Å². The summed E-state index contributed by atoms with van der Waals surface area (Å²) in [6.07, 6.45) is 3.71. The number of hydrogen-bond donors (Lipinski definition) is 2. The second-order valence-corrected chi connectivity index (χ2v) is 5.55. The number of rotatable bonds is 5. The van der Waals surface area contributed by atoms with E-state index in [9.17, 15) is 4.79 Å². The molecule has 5 nitrogen and oxygen atoms in total. The molecule has 1 unspecified atom stereocenters. The number of fused-ring (bicyclic) bond motifs is 1. The Hall–Kier alpha value is -1.59. The van der Waals surface area contributed by atoms with Crippen LogP contribution in [0.5, 0.6) is 0 Å². The molecular formula is C14H19ClN4O. The number of carbonyl (C=O) groups excluding carboxylic acids is 1. The normalized spacial score (nSPS) is 12.8. The van der Waals surface area contributed by atoms with E-state index in [0.29, 0.717) is 11.6 Å². The standard InChI is InChI=1S/C14H19ClN4O/c1-9(2)17-14(20)10(3)16-6-12-8-19-7-11(15)4-5-13(19)18-12/h4-5,7-10,16H,6H2,1-3H3,(H,17,20). The molecule has 0 aliphatic carbocycles. The molecule has 0 fully saturated rings. The van der Waals surface area contributed by atoms with E-state index in [2.05, 4.69) is 15.6 Å². The Bertz CT molecular complexity index is 608. The minimum absolute atomic E-state index is 0.00758. The second-order valence-electron chi connectivity index (χ2n) is 5.11. The fourth-order valence-electron chi connectivity index (χ4n) is 1.86. The summed E-state index contributed by atoms with van der Waals surface area (Å²) < 4.78 is 1.87. The van der Waals surface area contributed by atoms with Crippen molar-refractivity contribution in [3.05, 3.63) is 35.2 Å². The zero-order chi connectivity index (χ0) is 14.7. The lowest BCUT2D eigenvalue weighted by Gasteiger charge is -2.15. The Labute approximate surface area is 123 Å². The molecule has 0 saturated carbocycles. The summed E-state index contributed by atoms with van der Waals surface area (Å²) in [4.78, 5) is 16.2. The number of pyridine rings is 1. The van der Waals surface area contributed by atoms with Crippen LogP contribution in [0, 0.1) is 0 Å². The molecule has 0 spiro atoms. The van der Waals surface area contributed by atoms with Crippen LogP contribution >= 0.6 is 11.6 Å². The molecule has 2 aromatic rings. The van der Waals surface area contributed by atoms with Crippen LogP contribution in [0.2, 0.25) is 5.02 Å². The molecule has 0 radical (unpaired) electrons. The first-order valence-corrected chi connectivity index (χ1v) is 7.00. The van der Waals surface area contributed by atoms with Gasteiger partial charge in [-0.1, -0.05) is 11.6 Å². The maximum Gasteiger partial charge on any atom is 0.237 e. The van der Waals surface area contributed by atoms with Gasteiger partial charge in [0.1, 0.15) is 5.65 Å². The number of carbonyl (C=O) groups is 1. The van der Waals surface area contributed by atoms with Gasteiger partial charge in [0.25, 0.3) is 0 Å². The first-order valence-electron chi connectivity index (χ1n) is 6.62. The Morgan fingerprint density at radius 3 is 2.80 bits per heavy atom. The maximum atomic E-state index is 11.8. The molecule has 108 valence electrons. The molecule has 0 aliphatic heterocycles. The van der Waals surface area contributed by atoms with Gasteiger partial charge in [0.15, 0.2) is 0 Å². The Morgan fingerprint density at radius 1 is 1.35 bits per heavy atom. The van der Waals surface area contributed by atoms with Crippen molar-refractivity contribution < 1.29 is 4.79 Å². The first-order chi connectivity index (χ1) is 9.45. The van der Waals surface area contributed by atoms with Gasteiger partial charge in [-0.15, -0.1) is 0 Å². The van der Waals surface area contributed by atoms with Crippen molar-refractivity contribution in [3.63, 3.8) is 0 Å². The molecule has 20 heavy (non-hydrogen) atoms. The Balaban J connectivity index is 1.97. The fourth-order valence-corrected chi connectivity index (χ4v) is 2.03. The quantitative estimate of drug-likeness (QED) is 0.887. The predicted octanol–water partition coefficient (Wildman–Crippen LogP) is 1.99. The first kappa shape index (κ1) is 14.8. The van der Waals surface area contributed by atoms with Gasteiger partial charge < -0.3 is 15.0 Å². The van der Waals surface area contributed by atoms with Crippen LogP contribution < -0.4 is 10.6 Å². The summed E-state index contributed by atoms with van der Waals surface area (Å²) in [5.41, 5.74) is 1.71. The number of halogens is 1. The van der Waals surface area contributed by atoms with E-state index in [1.807, 2.05) is 43.6 Å². The third-order valence-corrected chi connectivity index (χ3v) is 3.10. The smallest absolute Gasteiger partial charge is 0.237 e. The van der Waals surface area contributed by atoms with Crippen LogP contribution in [-0.2, 0) is 11.3 Å². The zero-order valence-electron chi connectivity index (χ0n) is 11.9. The van der Waals surface area contributed by atoms with Gasteiger partial charge in [-0.3, -0.25) is 4.79 Å². The summed E-state index contributed by atoms with van der Waals surface area (Å²) in [5.74, 6) is -0.00758. The Morgan fingerprint density at radius 2 is 2.10 bits per heavy atom. The van der Waals surface area contributed by atoms with E-state index in [-0.39, 0.29) is 18.0 Å². The minimum atomic E-state index is -0.259. The highest BCUT2D eigenvalue weighted by atomic mass is 35.5. The number of hydrogen-bond acceptors (Lipinski definition) is 3. The fraction of sp³-hybridized carbons (Fsp3) is 0.429. The number of nitrogens with one attached hydrogen (secondary N) is 2. The molecular weight excluding hydrogens is 276 g/mol. The zero-order valence-corrected chi connectivity index (χ0v) is 12.6. The number of imidazole rings is 1. The molecule has 0 aliphatic rings. The van der Waals surface area contributed by atoms with Gasteiger partial charge in [-0.2, -0.15) is 0 Å². The molecule has 2 N–H and O–H groups in total. The van der Waals surface area contributed by atoms with Crippen molar-refractivity contribution in [3.8, 4) is 0 Å². The van der Waals surface area contributed by atoms with E-state index in [1.165, 1.54) is 0 Å². The SMILES string of the molecule is CC(C)NC(=O)C(C)NCc1cn2cc(Cl)ccc2n1. The third kappa shape index (κ3) is 3.71. The van der Waals surface area contributed by atoms with Gasteiger partial charge in [0.2, 0.25) is 5.91 Å². The van der Waals surface area contributed by atoms with Gasteiger partial charge >= 0.3 is 0 Å². The van der Waals surface area contributed by atoms with Crippen molar-refractivity contribution >= 4 is 23.2 Å². The number of aromatic nitrogens is 2. The van der Waals surface area contributed by atoms with Crippen molar-refractivity contribution in [2.24, 2.45) is 0 Å². The Kier molecular flexibility index (Phi) is 4.62. The average Bonchev–Trinajstić information content (AvgIpc) is 2.76. The highest BCUT2D eigenvalue weighted by Crippen LogP contribution is 2.11. The monoisotopic (exact) mass is 294 g/mol. The lowest BCUT2D eigenvalue weighted by atomic mass is 10.2. The topological polar surface area (TPSA) is 58.4 Å². The van der Waals surface area contributed by atoms with Gasteiger partial charge in [0, 0.05) is 25.0 Å². The van der Waals surface area contributed by atoms with Crippen molar-refractivity contribution in [2.75, 3.05) is 0 Å². The second kappa shape index (κ2) is 6.24. The third-order valence-electron chi connectivity index (χ3n) is 2.88. The molecule has 2 heterocycles. The molecule has 0 saturated heterocycles. The van der Waals surface area contributed by atoms with E-state index < -0.39 is 0 Å². The van der Waals surface area contributed by atoms with E-state index in [4.69, 9.17) is 11.6 Å². The van der Waals surface area contributed by atoms with Crippen molar-refractivity contribution in [2.45, 2.75) is 39.4 Å². The van der Waals surface area contributed by atoms with E-state index in [0.717, 1.165) is 11.3 Å². The summed E-state index contributed by atoms with van der Waals surface area (Å²) in [5, 5.41) is 6.69. The molecule has 6 heteroatoms. The predicted molar refractivity (Wildman–Crippen MR) is 79.8 cm³/mol. The van der Waals surface area contributed by atoms with Gasteiger partial charge in [0.05, 0.1) is 16.8 Å². The highest BCUT2D eigenvalue weighted by Gasteiger charge is 2.13. The lowest BCUT2D eigenvalue weighted by molar-refractivity contribution is -0.123. The van der Waals surface area contributed by atoms with E-state index in [1.54, 1.807) is 6.07 Å². The van der Waals surface area contributed by atoms with Crippen LogP contribution in [0.3, 0.4) is 0 Å². The van der Waals surface area contributed by atoms with Crippen LogP contribution in [0.4, 0.5) is 0 Å². The largest absolute Gasteiger partial charge is 0.353 e. The molecule has 1 atom stereocenters. The molecule has 2 aromatic heterocycles. The molecule has 2 rings (SSSR count). The molecule has 1 amide bonds. The lowest BCUT2D eigenvalue weighted by Crippen LogP contribution is -2.44. The summed E-state index contributed by atoms with van der Waals surface area (Å²) in [6, 6.07) is 3.55. The van der Waals surface area contributed by atoms with Crippen molar-refractivity contribution in [1.29, 1.82) is 0 Å². The van der Waals surface area contributed by atoms with Gasteiger partial charge in [-0.05, 0) is 32.9 Å². The van der Waals surface area contributed by atoms with Crippen LogP contribution in [0.25, 0.3) is 5.65 Å². The number of nitrogens with zero attached hydrogens (tertiary/aromatic N) is 2. The molecule has 0 bridgehead atoms. The van der Waals surface area contributed by atoms with Crippen molar-refractivity contribution in [1.82, 2.24) is 20.0 Å². The molecule has 0 aromatic carbocycles. The number of amides is 1. The average molecular weight is 295 g/mol. The summed E-state index contributed by atoms with van der Waals surface area (Å²) in [7, 11) is 0. The minimum Gasteiger partial charge on any atom is -0.353 e. The summed E-state index contributed by atoms with van der Waals surface area (Å²) >= 11 is 5.93. The maximum absolute atomic E-state index is 11.8. The van der Waals surface area contributed by atoms with Gasteiger partial charge in [-0.25, -0.2) is 4.98 Å². The highest BCUT2D eigenvalue weighted by molar-refractivity contribution is 6.30. The van der Waals surface area contributed by atoms with E-state index >= 15 is 0 Å². The summed E-state index contributed by atoms with van der Waals surface area (Å²) in [6.45, 7) is 6.25. The van der Waals surface area contributed by atoms with Crippen LogP contribution in [-0.4, -0.2) is 27.4 Å².